The van der Waals surface area contributed by atoms with Gasteiger partial charge in [-0.05, 0) is 46.2 Å². The molecule has 228 valence electrons. The Morgan fingerprint density at radius 2 is 0.622 bits per heavy atom. The minimum atomic E-state index is 0. The van der Waals surface area contributed by atoms with Crippen molar-refractivity contribution in [3.8, 4) is 34.2 Å². The van der Waals surface area contributed by atoms with Gasteiger partial charge in [0.05, 0.1) is 36.2 Å². The van der Waals surface area contributed by atoms with Crippen molar-refractivity contribution in [3.05, 3.63) is 122 Å². The average Bonchev–Trinajstić information content (AvgIpc) is 3.06. The van der Waals surface area contributed by atoms with Gasteiger partial charge in [-0.1, -0.05) is 41.5 Å². The predicted octanol–water partition coefficient (Wildman–Crippen LogP) is 6.60. The average molecular weight is 686 g/mol. The maximum atomic E-state index is 4.48. The van der Waals surface area contributed by atoms with Gasteiger partial charge in [-0.15, -0.1) is 0 Å². The summed E-state index contributed by atoms with van der Waals surface area (Å²) >= 11 is 0. The molecule has 0 bridgehead atoms. The predicted molar refractivity (Wildman–Crippen MR) is 171 cm³/mol. The van der Waals surface area contributed by atoms with E-state index in [1.54, 1.807) is 74.4 Å². The minimum absolute atomic E-state index is 0. The van der Waals surface area contributed by atoms with E-state index in [9.17, 15) is 0 Å². The Bertz CT molecular complexity index is 1500. The Kier molecular flexibility index (Phi) is 12.6. The van der Waals surface area contributed by atoms with Crippen molar-refractivity contribution in [1.29, 1.82) is 0 Å². The maximum Gasteiger partial charge on any atom is 2.00 e. The molecule has 10 nitrogen and oxygen atoms in total. The molecule has 0 amide bonds. The molecule has 0 aliphatic heterocycles. The summed E-state index contributed by atoms with van der Waals surface area (Å²) in [6, 6.07) is 8.46. The van der Waals surface area contributed by atoms with E-state index >= 15 is 0 Å². The van der Waals surface area contributed by atoms with E-state index < -0.39 is 0 Å². The quantitative estimate of drug-likeness (QED) is 0.188. The summed E-state index contributed by atoms with van der Waals surface area (Å²) < 4.78 is 0. The van der Waals surface area contributed by atoms with Crippen molar-refractivity contribution >= 4 is 0 Å². The van der Waals surface area contributed by atoms with Gasteiger partial charge in [0.15, 0.2) is 0 Å². The molecule has 0 aliphatic rings. The molecule has 0 fully saturated rings. The molecule has 0 saturated carbocycles. The molecule has 0 spiro atoms. The molecule has 0 radical (unpaired) electrons. The van der Waals surface area contributed by atoms with Crippen LogP contribution >= 0.6 is 0 Å². The van der Waals surface area contributed by atoms with Gasteiger partial charge in [-0.25, -0.2) is 0 Å². The Morgan fingerprint density at radius 1 is 0.356 bits per heavy atom. The van der Waals surface area contributed by atoms with Crippen LogP contribution in [0.15, 0.2) is 111 Å². The van der Waals surface area contributed by atoms with Crippen LogP contribution in [-0.2, 0) is 30.3 Å². The van der Waals surface area contributed by atoms with E-state index in [1.807, 2.05) is 12.4 Å². The molecule has 0 aliphatic carbocycles. The van der Waals surface area contributed by atoms with Gasteiger partial charge in [-0.2, -0.15) is 0 Å². The molecule has 0 unspecified atom stereocenters. The van der Waals surface area contributed by atoms with Crippen LogP contribution in [0.3, 0.4) is 0 Å². The Hall–Kier alpha value is -4.76. The van der Waals surface area contributed by atoms with Gasteiger partial charge in [0.2, 0.25) is 0 Å². The fraction of sp³-hybridized carbons (Fsp3) is 0.235. The summed E-state index contributed by atoms with van der Waals surface area (Å²) in [5, 5.41) is 0. The molecular formula is C34H36N10Ru+2. The van der Waals surface area contributed by atoms with Crippen molar-refractivity contribution in [2.24, 2.45) is 0 Å². The molecule has 11 heteroatoms. The SMILES string of the molecule is CC(C)(C)c1ccnc(-c2cc(C(C)(C)C)ccn2)c1.[Ru+2].c1cnc(-c2cnccn2)cn1.c1cnc(-c2cnccn2)cn1. The zero-order valence-electron chi connectivity index (χ0n) is 26.2. The summed E-state index contributed by atoms with van der Waals surface area (Å²) in [6.45, 7) is 13.3. The number of nitrogens with zero attached hydrogens (tertiary/aromatic N) is 10. The fourth-order valence-electron chi connectivity index (χ4n) is 3.80. The number of rotatable bonds is 3. The second kappa shape index (κ2) is 16.4. The molecule has 0 saturated heterocycles. The first-order valence-electron chi connectivity index (χ1n) is 14.1. The summed E-state index contributed by atoms with van der Waals surface area (Å²) in [4.78, 5) is 41.0. The van der Waals surface area contributed by atoms with Crippen LogP contribution in [0.1, 0.15) is 52.7 Å². The Labute approximate surface area is 277 Å². The number of aromatic nitrogens is 10. The van der Waals surface area contributed by atoms with Crippen molar-refractivity contribution in [2.75, 3.05) is 0 Å². The number of hydrogen-bond acceptors (Lipinski definition) is 10. The number of pyridine rings is 2. The van der Waals surface area contributed by atoms with Gasteiger partial charge in [0.1, 0.15) is 22.8 Å². The minimum Gasteiger partial charge on any atom is -0.261 e. The molecule has 0 N–H and O–H groups in total. The van der Waals surface area contributed by atoms with Gasteiger partial charge in [0, 0.05) is 62.0 Å². The van der Waals surface area contributed by atoms with Crippen LogP contribution in [-0.4, -0.2) is 49.8 Å². The van der Waals surface area contributed by atoms with Crippen molar-refractivity contribution < 1.29 is 19.5 Å². The van der Waals surface area contributed by atoms with Crippen molar-refractivity contribution in [3.63, 3.8) is 0 Å². The molecule has 45 heavy (non-hydrogen) atoms. The van der Waals surface area contributed by atoms with E-state index in [4.69, 9.17) is 0 Å². The first kappa shape index (κ1) is 34.7. The largest absolute Gasteiger partial charge is 2.00 e. The van der Waals surface area contributed by atoms with E-state index in [2.05, 4.69) is 116 Å². The molecular weight excluding hydrogens is 650 g/mol. The first-order chi connectivity index (χ1) is 21.1. The topological polar surface area (TPSA) is 129 Å². The van der Waals surface area contributed by atoms with Gasteiger partial charge in [0.25, 0.3) is 0 Å². The summed E-state index contributed by atoms with van der Waals surface area (Å²) in [7, 11) is 0. The van der Waals surface area contributed by atoms with Crippen molar-refractivity contribution in [1.82, 2.24) is 49.8 Å². The standard InChI is InChI=1S/C18H24N2.2C8H6N4.Ru/c1-17(2,3)13-7-9-19-15(11-13)16-12-14(8-10-20-16)18(4,5)6;2*1-3-11-7(5-9-1)8-6-10-2-4-12-8;/h7-12H,1-6H3;2*1-6H;/q;;;+2. The van der Waals surface area contributed by atoms with E-state index in [-0.39, 0.29) is 30.3 Å². The summed E-state index contributed by atoms with van der Waals surface area (Å²) in [5.41, 5.74) is 7.67. The van der Waals surface area contributed by atoms with Gasteiger partial charge in [-0.3, -0.25) is 49.8 Å². The van der Waals surface area contributed by atoms with Crippen LogP contribution < -0.4 is 0 Å². The molecule has 6 heterocycles. The second-order valence-corrected chi connectivity index (χ2v) is 11.7. The third kappa shape index (κ3) is 10.7. The number of hydrogen-bond donors (Lipinski definition) is 0. The van der Waals surface area contributed by atoms with Crippen LogP contribution in [0, 0.1) is 0 Å². The van der Waals surface area contributed by atoms with E-state index in [0.717, 1.165) is 34.2 Å². The Balaban J connectivity index is 0.000000191. The Morgan fingerprint density at radius 3 is 0.844 bits per heavy atom. The van der Waals surface area contributed by atoms with Crippen LogP contribution in [0.25, 0.3) is 34.2 Å². The molecule has 0 atom stereocenters. The fourth-order valence-corrected chi connectivity index (χ4v) is 3.80. The molecule has 6 aromatic heterocycles. The van der Waals surface area contributed by atoms with Crippen LogP contribution in [0.5, 0.6) is 0 Å². The third-order valence-corrected chi connectivity index (χ3v) is 6.29. The normalized spacial score (nSPS) is 10.7. The van der Waals surface area contributed by atoms with E-state index in [1.165, 1.54) is 11.1 Å². The zero-order chi connectivity index (χ0) is 31.4. The smallest absolute Gasteiger partial charge is 0.261 e. The zero-order valence-corrected chi connectivity index (χ0v) is 28.0. The van der Waals surface area contributed by atoms with E-state index in [0.29, 0.717) is 0 Å². The molecule has 6 rings (SSSR count). The van der Waals surface area contributed by atoms with Crippen LogP contribution in [0.4, 0.5) is 0 Å². The second-order valence-electron chi connectivity index (χ2n) is 11.7. The first-order valence-corrected chi connectivity index (χ1v) is 14.1. The van der Waals surface area contributed by atoms with Crippen LogP contribution in [0.2, 0.25) is 0 Å². The molecule has 0 aromatic carbocycles. The van der Waals surface area contributed by atoms with Crippen molar-refractivity contribution in [2.45, 2.75) is 52.4 Å². The van der Waals surface area contributed by atoms with Gasteiger partial charge < -0.3 is 0 Å². The summed E-state index contributed by atoms with van der Waals surface area (Å²) in [5.74, 6) is 0. The summed E-state index contributed by atoms with van der Waals surface area (Å²) in [6.07, 6.45) is 23.4. The molecule has 6 aromatic rings. The third-order valence-electron chi connectivity index (χ3n) is 6.29. The monoisotopic (exact) mass is 686 g/mol. The van der Waals surface area contributed by atoms with Gasteiger partial charge >= 0.3 is 19.5 Å². The maximum absolute atomic E-state index is 4.48.